The van der Waals surface area contributed by atoms with E-state index < -0.39 is 24.0 Å². The van der Waals surface area contributed by atoms with E-state index in [1.54, 1.807) is 41.5 Å². The summed E-state index contributed by atoms with van der Waals surface area (Å²) in [5.74, 6) is -1.47. The Morgan fingerprint density at radius 2 is 1.43 bits per heavy atom. The zero-order valence-electron chi connectivity index (χ0n) is 15.6. The maximum atomic E-state index is 13.5. The molecule has 2 fully saturated rings. The van der Waals surface area contributed by atoms with Crippen molar-refractivity contribution >= 4 is 46.4 Å². The van der Waals surface area contributed by atoms with Gasteiger partial charge in [-0.3, -0.25) is 14.4 Å². The van der Waals surface area contributed by atoms with Crippen molar-refractivity contribution < 1.29 is 14.4 Å². The predicted octanol–water partition coefficient (Wildman–Crippen LogP) is 5.04. The zero-order valence-corrected chi connectivity index (χ0v) is 17.1. The Morgan fingerprint density at radius 3 is 2.13 bits per heavy atom. The molecule has 2 aliphatic heterocycles. The number of benzene rings is 3. The first-order valence-electron chi connectivity index (χ1n) is 9.45. The minimum atomic E-state index is -0.936. The third-order valence-electron chi connectivity index (χ3n) is 5.43. The summed E-state index contributed by atoms with van der Waals surface area (Å²) in [7, 11) is 0. The molecule has 0 N–H and O–H groups in total. The van der Waals surface area contributed by atoms with Crippen LogP contribution in [0.2, 0.25) is 10.0 Å². The zero-order chi connectivity index (χ0) is 20.8. The highest BCUT2D eigenvalue weighted by Crippen LogP contribution is 2.48. The fourth-order valence-electron chi connectivity index (χ4n) is 4.08. The minimum Gasteiger partial charge on any atom is -0.273 e. The molecule has 2 heterocycles. The smallest absolute Gasteiger partial charge is 0.266 e. The van der Waals surface area contributed by atoms with Crippen molar-refractivity contribution in [2.45, 2.75) is 12.1 Å². The van der Waals surface area contributed by atoms with E-state index in [-0.39, 0.29) is 5.91 Å². The average molecular weight is 439 g/mol. The fourth-order valence-corrected chi connectivity index (χ4v) is 4.43. The Bertz CT molecular complexity index is 1120. The van der Waals surface area contributed by atoms with Crippen LogP contribution in [-0.4, -0.2) is 17.9 Å². The molecule has 2 saturated heterocycles. The van der Waals surface area contributed by atoms with Gasteiger partial charge in [0, 0.05) is 5.02 Å². The van der Waals surface area contributed by atoms with Gasteiger partial charge in [0.2, 0.25) is 5.91 Å². The van der Waals surface area contributed by atoms with Crippen LogP contribution in [0.25, 0.3) is 0 Å². The van der Waals surface area contributed by atoms with Gasteiger partial charge in [0.05, 0.1) is 22.4 Å². The molecule has 0 radical (unpaired) electrons. The number of para-hydroxylation sites is 2. The second kappa shape index (κ2) is 7.43. The molecule has 0 aromatic heterocycles. The number of anilines is 2. The largest absolute Gasteiger partial charge is 0.273 e. The summed E-state index contributed by atoms with van der Waals surface area (Å²) in [4.78, 5) is 34.0. The van der Waals surface area contributed by atoms with E-state index in [2.05, 4.69) is 0 Å². The van der Waals surface area contributed by atoms with Crippen LogP contribution in [0.4, 0.5) is 11.4 Å². The van der Waals surface area contributed by atoms with Crippen LogP contribution in [0, 0.1) is 5.92 Å². The molecule has 30 heavy (non-hydrogen) atoms. The van der Waals surface area contributed by atoms with Crippen molar-refractivity contribution in [1.29, 1.82) is 0 Å². The Labute approximate surface area is 183 Å². The number of nitrogens with zero attached hydrogens (tertiary/aromatic N) is 2. The number of carbonyl (C=O) groups is 2. The third kappa shape index (κ3) is 2.98. The Hall–Kier alpha value is -2.86. The standard InChI is InChI=1S/C23H16Cl2N2O3/c24-15-12-10-14(11-13-15)20-19-21(30-27(20)16-6-2-1-3-7-16)23(29)26(22(19)28)18-9-5-4-8-17(18)25/h1-13,19-21H/t19-,20+,21-/m1/s1. The lowest BCUT2D eigenvalue weighted by atomic mass is 9.90. The molecule has 2 amide bonds. The molecule has 7 heteroatoms. The van der Waals surface area contributed by atoms with Crippen LogP contribution in [0.15, 0.2) is 78.9 Å². The third-order valence-corrected chi connectivity index (χ3v) is 6.00. The maximum absolute atomic E-state index is 13.5. The van der Waals surface area contributed by atoms with E-state index in [9.17, 15) is 9.59 Å². The summed E-state index contributed by atoms with van der Waals surface area (Å²) in [6.45, 7) is 0. The van der Waals surface area contributed by atoms with Gasteiger partial charge in [-0.25, -0.2) is 9.96 Å². The van der Waals surface area contributed by atoms with Crippen LogP contribution >= 0.6 is 23.2 Å². The highest BCUT2D eigenvalue weighted by atomic mass is 35.5. The fraction of sp³-hybridized carbons (Fsp3) is 0.130. The Balaban J connectivity index is 1.60. The molecule has 5 nitrogen and oxygen atoms in total. The van der Waals surface area contributed by atoms with E-state index in [1.165, 1.54) is 0 Å². The number of amides is 2. The van der Waals surface area contributed by atoms with Gasteiger partial charge in [-0.05, 0) is 42.0 Å². The molecular weight excluding hydrogens is 423 g/mol. The van der Waals surface area contributed by atoms with Gasteiger partial charge < -0.3 is 0 Å². The van der Waals surface area contributed by atoms with E-state index in [1.807, 2.05) is 42.5 Å². The van der Waals surface area contributed by atoms with Crippen molar-refractivity contribution in [3.8, 4) is 0 Å². The Kier molecular flexibility index (Phi) is 4.74. The molecule has 0 aliphatic carbocycles. The maximum Gasteiger partial charge on any atom is 0.266 e. The van der Waals surface area contributed by atoms with E-state index in [0.717, 1.165) is 16.2 Å². The quantitative estimate of drug-likeness (QED) is 0.537. The van der Waals surface area contributed by atoms with E-state index in [4.69, 9.17) is 28.0 Å². The van der Waals surface area contributed by atoms with Crippen molar-refractivity contribution in [3.63, 3.8) is 0 Å². The summed E-state index contributed by atoms with van der Waals surface area (Å²) < 4.78 is 0. The minimum absolute atomic E-state index is 0.335. The van der Waals surface area contributed by atoms with Gasteiger partial charge in [0.25, 0.3) is 5.91 Å². The van der Waals surface area contributed by atoms with Gasteiger partial charge in [-0.15, -0.1) is 0 Å². The monoisotopic (exact) mass is 438 g/mol. The molecule has 0 bridgehead atoms. The number of hydroxylamine groups is 1. The van der Waals surface area contributed by atoms with Crippen molar-refractivity contribution in [1.82, 2.24) is 0 Å². The van der Waals surface area contributed by atoms with Crippen molar-refractivity contribution in [3.05, 3.63) is 94.5 Å². The molecule has 3 atom stereocenters. The first kappa shape index (κ1) is 19.1. The molecule has 3 aromatic rings. The van der Waals surface area contributed by atoms with Gasteiger partial charge in [-0.2, -0.15) is 0 Å². The lowest BCUT2D eigenvalue weighted by Gasteiger charge is -2.29. The number of halogens is 2. The molecule has 0 spiro atoms. The molecule has 0 unspecified atom stereocenters. The van der Waals surface area contributed by atoms with Crippen LogP contribution in [0.1, 0.15) is 11.6 Å². The lowest BCUT2D eigenvalue weighted by molar-refractivity contribution is -0.126. The van der Waals surface area contributed by atoms with Crippen LogP contribution in [-0.2, 0) is 14.4 Å². The number of rotatable bonds is 3. The molecular formula is C23H16Cl2N2O3. The first-order chi connectivity index (χ1) is 14.6. The Morgan fingerprint density at radius 1 is 0.767 bits per heavy atom. The SMILES string of the molecule is O=C1[C@H]2[C@@H](ON(c3ccccc3)[C@H]2c2ccc(Cl)cc2)C(=O)N1c1ccccc1Cl. The highest BCUT2D eigenvalue weighted by Gasteiger charge is 2.60. The summed E-state index contributed by atoms with van der Waals surface area (Å²) in [6.07, 6.45) is -0.936. The van der Waals surface area contributed by atoms with Crippen LogP contribution in [0.3, 0.4) is 0 Å². The van der Waals surface area contributed by atoms with E-state index in [0.29, 0.717) is 15.7 Å². The lowest BCUT2D eigenvalue weighted by Crippen LogP contribution is -2.37. The van der Waals surface area contributed by atoms with Crippen molar-refractivity contribution in [2.75, 3.05) is 9.96 Å². The summed E-state index contributed by atoms with van der Waals surface area (Å²) in [5.41, 5.74) is 1.96. The summed E-state index contributed by atoms with van der Waals surface area (Å²) in [5, 5.41) is 2.58. The summed E-state index contributed by atoms with van der Waals surface area (Å²) >= 11 is 12.3. The number of fused-ring (bicyclic) bond motifs is 1. The van der Waals surface area contributed by atoms with Gasteiger partial charge in [0.1, 0.15) is 5.92 Å². The second-order valence-electron chi connectivity index (χ2n) is 7.17. The molecule has 5 rings (SSSR count). The van der Waals surface area contributed by atoms with Crippen molar-refractivity contribution in [2.24, 2.45) is 5.92 Å². The number of imide groups is 1. The molecule has 2 aliphatic rings. The molecule has 150 valence electrons. The van der Waals surface area contributed by atoms with Crippen LogP contribution < -0.4 is 9.96 Å². The highest BCUT2D eigenvalue weighted by molar-refractivity contribution is 6.36. The van der Waals surface area contributed by atoms with Gasteiger partial charge in [-0.1, -0.05) is 65.7 Å². The topological polar surface area (TPSA) is 49.9 Å². The number of carbonyl (C=O) groups excluding carboxylic acids is 2. The first-order valence-corrected chi connectivity index (χ1v) is 10.2. The molecule has 3 aromatic carbocycles. The predicted molar refractivity (Wildman–Crippen MR) is 115 cm³/mol. The van der Waals surface area contributed by atoms with Gasteiger partial charge >= 0.3 is 0 Å². The van der Waals surface area contributed by atoms with Crippen LogP contribution in [0.5, 0.6) is 0 Å². The second-order valence-corrected chi connectivity index (χ2v) is 8.02. The number of hydrogen-bond donors (Lipinski definition) is 0. The van der Waals surface area contributed by atoms with Gasteiger partial charge in [0.15, 0.2) is 6.10 Å². The van der Waals surface area contributed by atoms with E-state index >= 15 is 0 Å². The normalized spacial score (nSPS) is 23.2. The average Bonchev–Trinajstić information content (AvgIpc) is 3.26. The number of hydrogen-bond acceptors (Lipinski definition) is 4. The summed E-state index contributed by atoms with van der Waals surface area (Å²) in [6, 6.07) is 23.0. The molecule has 0 saturated carbocycles.